The number of hydrogen-bond donors (Lipinski definition) is 0. The molecule has 0 radical (unpaired) electrons. The molecule has 0 aliphatic carbocycles. The van der Waals surface area contributed by atoms with E-state index in [1.54, 1.807) is 6.07 Å². The zero-order valence-electron chi connectivity index (χ0n) is 9.41. The predicted octanol–water partition coefficient (Wildman–Crippen LogP) is 5.08. The van der Waals surface area contributed by atoms with Crippen molar-refractivity contribution in [2.75, 3.05) is 0 Å². The van der Waals surface area contributed by atoms with Crippen LogP contribution in [0.3, 0.4) is 0 Å². The lowest BCUT2D eigenvalue weighted by Crippen LogP contribution is -1.86. The van der Waals surface area contributed by atoms with Crippen molar-refractivity contribution in [2.24, 2.45) is 0 Å². The Morgan fingerprint density at radius 3 is 2.59 bits per heavy atom. The third kappa shape index (κ3) is 3.24. The van der Waals surface area contributed by atoms with Crippen molar-refractivity contribution in [3.8, 4) is 0 Å². The fraction of sp³-hybridized carbons (Fsp3) is 0.143. The van der Waals surface area contributed by atoms with Gasteiger partial charge in [-0.2, -0.15) is 0 Å². The second kappa shape index (κ2) is 5.56. The van der Waals surface area contributed by atoms with Crippen LogP contribution < -0.4 is 0 Å². The van der Waals surface area contributed by atoms with E-state index in [9.17, 15) is 4.39 Å². The first kappa shape index (κ1) is 12.5. The molecule has 17 heavy (non-hydrogen) atoms. The molecule has 0 spiro atoms. The van der Waals surface area contributed by atoms with Gasteiger partial charge in [0.15, 0.2) is 0 Å². The number of thioether (sulfide) groups is 1. The van der Waals surface area contributed by atoms with Crippen LogP contribution in [0.5, 0.6) is 0 Å². The molecule has 2 aromatic carbocycles. The van der Waals surface area contributed by atoms with Crippen LogP contribution in [-0.2, 0) is 5.75 Å². The van der Waals surface area contributed by atoms with E-state index in [2.05, 4.69) is 0 Å². The average Bonchev–Trinajstić information content (AvgIpc) is 2.33. The standard InChI is InChI=1S/C14H12ClFS/c1-10-7-14(13(16)8-12(10)15)17-9-11-5-3-2-4-6-11/h2-8H,9H2,1H3. The third-order valence-electron chi connectivity index (χ3n) is 2.45. The van der Waals surface area contributed by atoms with Crippen LogP contribution in [0.25, 0.3) is 0 Å². The van der Waals surface area contributed by atoms with E-state index in [4.69, 9.17) is 11.6 Å². The van der Waals surface area contributed by atoms with E-state index < -0.39 is 0 Å². The number of benzene rings is 2. The Hall–Kier alpha value is -0.990. The van der Waals surface area contributed by atoms with E-state index in [0.29, 0.717) is 9.92 Å². The van der Waals surface area contributed by atoms with E-state index in [1.165, 1.54) is 23.4 Å². The highest BCUT2D eigenvalue weighted by Gasteiger charge is 2.06. The summed E-state index contributed by atoms with van der Waals surface area (Å²) in [5.74, 6) is 0.514. The Labute approximate surface area is 110 Å². The Morgan fingerprint density at radius 2 is 1.88 bits per heavy atom. The molecular formula is C14H12ClFS. The Bertz CT molecular complexity index is 511. The maximum atomic E-state index is 13.6. The molecule has 0 saturated carbocycles. The number of rotatable bonds is 3. The summed E-state index contributed by atoms with van der Waals surface area (Å²) < 4.78 is 13.6. The summed E-state index contributed by atoms with van der Waals surface area (Å²) in [6.07, 6.45) is 0. The molecule has 3 heteroatoms. The largest absolute Gasteiger partial charge is 0.206 e. The molecule has 2 aromatic rings. The fourth-order valence-electron chi connectivity index (χ4n) is 1.48. The number of hydrogen-bond acceptors (Lipinski definition) is 1. The smallest absolute Gasteiger partial charge is 0.138 e. The van der Waals surface area contributed by atoms with E-state index in [-0.39, 0.29) is 5.82 Å². The molecule has 2 rings (SSSR count). The van der Waals surface area contributed by atoms with Gasteiger partial charge in [0.25, 0.3) is 0 Å². The van der Waals surface area contributed by atoms with Gasteiger partial charge >= 0.3 is 0 Å². The maximum Gasteiger partial charge on any atom is 0.138 e. The summed E-state index contributed by atoms with van der Waals surface area (Å²) in [6.45, 7) is 1.88. The zero-order chi connectivity index (χ0) is 12.3. The Morgan fingerprint density at radius 1 is 1.18 bits per heavy atom. The zero-order valence-corrected chi connectivity index (χ0v) is 11.0. The summed E-state index contributed by atoms with van der Waals surface area (Å²) >= 11 is 7.34. The van der Waals surface area contributed by atoms with Gasteiger partial charge in [-0.25, -0.2) is 4.39 Å². The lowest BCUT2D eigenvalue weighted by atomic mass is 10.2. The van der Waals surface area contributed by atoms with Gasteiger partial charge in [0.05, 0.1) is 0 Å². The van der Waals surface area contributed by atoms with Gasteiger partial charge in [0.2, 0.25) is 0 Å². The summed E-state index contributed by atoms with van der Waals surface area (Å²) in [4.78, 5) is 0.649. The molecule has 0 unspecified atom stereocenters. The monoisotopic (exact) mass is 266 g/mol. The molecule has 0 amide bonds. The second-order valence-corrected chi connectivity index (χ2v) is 5.23. The van der Waals surface area contributed by atoms with E-state index in [1.807, 2.05) is 37.3 Å². The van der Waals surface area contributed by atoms with Crippen LogP contribution in [0.1, 0.15) is 11.1 Å². The Kier molecular flexibility index (Phi) is 4.08. The van der Waals surface area contributed by atoms with Crippen molar-refractivity contribution >= 4 is 23.4 Å². The first-order chi connectivity index (χ1) is 8.16. The minimum atomic E-state index is -0.249. The molecule has 0 atom stereocenters. The highest BCUT2D eigenvalue weighted by molar-refractivity contribution is 7.98. The molecular weight excluding hydrogens is 255 g/mol. The molecule has 0 fully saturated rings. The molecule has 88 valence electrons. The fourth-order valence-corrected chi connectivity index (χ4v) is 2.60. The van der Waals surface area contributed by atoms with Crippen LogP contribution in [0, 0.1) is 12.7 Å². The number of halogens is 2. The lowest BCUT2D eigenvalue weighted by Gasteiger charge is -2.06. The molecule has 0 aliphatic heterocycles. The normalized spacial score (nSPS) is 10.5. The summed E-state index contributed by atoms with van der Waals surface area (Å²) in [6, 6.07) is 13.2. The van der Waals surface area contributed by atoms with Gasteiger partial charge in [-0.15, -0.1) is 11.8 Å². The van der Waals surface area contributed by atoms with E-state index in [0.717, 1.165) is 11.3 Å². The molecule has 0 nitrogen and oxygen atoms in total. The summed E-state index contributed by atoms with van der Waals surface area (Å²) in [5.41, 5.74) is 2.09. The van der Waals surface area contributed by atoms with E-state index >= 15 is 0 Å². The maximum absolute atomic E-state index is 13.6. The highest BCUT2D eigenvalue weighted by atomic mass is 35.5. The summed E-state index contributed by atoms with van der Waals surface area (Å²) in [5, 5.41) is 0.478. The van der Waals surface area contributed by atoms with Crippen molar-refractivity contribution in [3.63, 3.8) is 0 Å². The van der Waals surface area contributed by atoms with Crippen molar-refractivity contribution in [1.82, 2.24) is 0 Å². The molecule has 0 heterocycles. The van der Waals surface area contributed by atoms with Crippen molar-refractivity contribution in [3.05, 3.63) is 64.4 Å². The summed E-state index contributed by atoms with van der Waals surface area (Å²) in [7, 11) is 0. The highest BCUT2D eigenvalue weighted by Crippen LogP contribution is 2.29. The van der Waals surface area contributed by atoms with Gasteiger partial charge in [-0.3, -0.25) is 0 Å². The van der Waals surface area contributed by atoms with Crippen LogP contribution in [-0.4, -0.2) is 0 Å². The second-order valence-electron chi connectivity index (χ2n) is 3.81. The van der Waals surface area contributed by atoms with Gasteiger partial charge in [-0.05, 0) is 30.2 Å². The topological polar surface area (TPSA) is 0 Å². The SMILES string of the molecule is Cc1cc(SCc2ccccc2)c(F)cc1Cl. The first-order valence-electron chi connectivity index (χ1n) is 5.29. The van der Waals surface area contributed by atoms with Crippen LogP contribution in [0.15, 0.2) is 47.4 Å². The number of aryl methyl sites for hydroxylation is 1. The minimum Gasteiger partial charge on any atom is -0.206 e. The molecule has 0 saturated heterocycles. The minimum absolute atomic E-state index is 0.249. The van der Waals surface area contributed by atoms with Crippen LogP contribution >= 0.6 is 23.4 Å². The lowest BCUT2D eigenvalue weighted by molar-refractivity contribution is 0.601. The van der Waals surface area contributed by atoms with Crippen LogP contribution in [0.4, 0.5) is 4.39 Å². The van der Waals surface area contributed by atoms with Crippen LogP contribution in [0.2, 0.25) is 5.02 Å². The predicted molar refractivity (Wildman–Crippen MR) is 72.2 cm³/mol. The third-order valence-corrected chi connectivity index (χ3v) is 3.96. The molecule has 0 N–H and O–H groups in total. The van der Waals surface area contributed by atoms with Crippen molar-refractivity contribution in [2.45, 2.75) is 17.6 Å². The van der Waals surface area contributed by atoms with Gasteiger partial charge in [-0.1, -0.05) is 41.9 Å². The Balaban J connectivity index is 2.12. The van der Waals surface area contributed by atoms with Gasteiger partial charge in [0, 0.05) is 15.7 Å². The first-order valence-corrected chi connectivity index (χ1v) is 6.65. The molecule has 0 aliphatic rings. The molecule has 0 aromatic heterocycles. The molecule has 0 bridgehead atoms. The van der Waals surface area contributed by atoms with Crippen molar-refractivity contribution < 1.29 is 4.39 Å². The van der Waals surface area contributed by atoms with Crippen molar-refractivity contribution in [1.29, 1.82) is 0 Å². The van der Waals surface area contributed by atoms with Gasteiger partial charge < -0.3 is 0 Å². The van der Waals surface area contributed by atoms with Gasteiger partial charge in [0.1, 0.15) is 5.82 Å². The quantitative estimate of drug-likeness (QED) is 0.698. The average molecular weight is 267 g/mol.